The van der Waals surface area contributed by atoms with E-state index in [9.17, 15) is 5.11 Å². The molecule has 0 saturated carbocycles. The molecule has 0 aliphatic heterocycles. The van der Waals surface area contributed by atoms with Crippen LogP contribution in [0.3, 0.4) is 0 Å². The zero-order valence-corrected chi connectivity index (χ0v) is 10.6. The van der Waals surface area contributed by atoms with Crippen molar-refractivity contribution >= 4 is 11.6 Å². The number of hydrogen-bond acceptors (Lipinski definition) is 3. The van der Waals surface area contributed by atoms with E-state index in [2.05, 4.69) is 4.98 Å². The van der Waals surface area contributed by atoms with Crippen LogP contribution in [0.15, 0.2) is 59.0 Å². The Bertz CT molecular complexity index is 690. The predicted molar refractivity (Wildman–Crippen MR) is 74.0 cm³/mol. The summed E-state index contributed by atoms with van der Waals surface area (Å²) in [5.74, 6) is 1.18. The van der Waals surface area contributed by atoms with E-state index in [1.165, 1.54) is 0 Å². The van der Waals surface area contributed by atoms with Gasteiger partial charge in [-0.3, -0.25) is 0 Å². The molecule has 0 aliphatic carbocycles. The van der Waals surface area contributed by atoms with Crippen LogP contribution in [0, 0.1) is 0 Å². The molecular weight excluding hydrogens is 262 g/mol. The number of aromatic nitrogens is 1. The lowest BCUT2D eigenvalue weighted by Crippen LogP contribution is -1.75. The molecule has 1 N–H and O–H groups in total. The molecule has 0 radical (unpaired) electrons. The Kier molecular flexibility index (Phi) is 2.97. The molecule has 4 heteroatoms. The van der Waals surface area contributed by atoms with Crippen LogP contribution in [-0.4, -0.2) is 10.1 Å². The molecule has 2 aromatic carbocycles. The number of rotatable bonds is 2. The highest BCUT2D eigenvalue weighted by molar-refractivity contribution is 6.31. The van der Waals surface area contributed by atoms with Crippen LogP contribution in [0.25, 0.3) is 22.8 Å². The Balaban J connectivity index is 2.04. The van der Waals surface area contributed by atoms with Gasteiger partial charge in [0.1, 0.15) is 5.75 Å². The van der Waals surface area contributed by atoms with Gasteiger partial charge in [0.2, 0.25) is 5.89 Å². The largest absolute Gasteiger partial charge is 0.508 e. The van der Waals surface area contributed by atoms with Crippen molar-refractivity contribution in [3.05, 3.63) is 59.8 Å². The zero-order valence-electron chi connectivity index (χ0n) is 9.88. The summed E-state index contributed by atoms with van der Waals surface area (Å²) in [6, 6.07) is 16.2. The maximum atomic E-state index is 9.26. The summed E-state index contributed by atoms with van der Waals surface area (Å²) in [5.41, 5.74) is 1.65. The van der Waals surface area contributed by atoms with Gasteiger partial charge in [-0.1, -0.05) is 41.9 Å². The molecule has 94 valence electrons. The third kappa shape index (κ3) is 2.33. The summed E-state index contributed by atoms with van der Waals surface area (Å²) in [6.45, 7) is 0. The molecule has 3 nitrogen and oxygen atoms in total. The lowest BCUT2D eigenvalue weighted by Gasteiger charge is -1.97. The van der Waals surface area contributed by atoms with Gasteiger partial charge in [-0.05, 0) is 24.3 Å². The summed E-state index contributed by atoms with van der Waals surface area (Å²) >= 11 is 6.11. The number of nitrogens with zero attached hydrogens (tertiary/aromatic N) is 1. The van der Waals surface area contributed by atoms with E-state index in [1.54, 1.807) is 24.3 Å². The second-order valence-corrected chi connectivity index (χ2v) is 4.41. The fourth-order valence-electron chi connectivity index (χ4n) is 1.80. The van der Waals surface area contributed by atoms with E-state index >= 15 is 0 Å². The molecule has 0 aliphatic rings. The number of phenols is 1. The first-order valence-corrected chi connectivity index (χ1v) is 6.13. The molecule has 1 aromatic heterocycles. The molecule has 0 bridgehead atoms. The van der Waals surface area contributed by atoms with Crippen LogP contribution in [0.4, 0.5) is 0 Å². The summed E-state index contributed by atoms with van der Waals surface area (Å²) in [5, 5.41) is 9.59. The topological polar surface area (TPSA) is 46.3 Å². The average molecular weight is 272 g/mol. The number of benzene rings is 2. The molecule has 0 unspecified atom stereocenters. The summed E-state index contributed by atoms with van der Waals surface area (Å²) in [6.07, 6.45) is 0. The van der Waals surface area contributed by atoms with E-state index in [0.29, 0.717) is 16.8 Å². The molecule has 0 saturated heterocycles. The zero-order chi connectivity index (χ0) is 13.2. The third-order valence-electron chi connectivity index (χ3n) is 2.74. The summed E-state index contributed by atoms with van der Waals surface area (Å²) in [7, 11) is 0. The molecule has 0 spiro atoms. The van der Waals surface area contributed by atoms with Gasteiger partial charge < -0.3 is 9.52 Å². The van der Waals surface area contributed by atoms with Crippen LogP contribution < -0.4 is 0 Å². The van der Waals surface area contributed by atoms with Crippen LogP contribution in [0.1, 0.15) is 0 Å². The average Bonchev–Trinajstić information content (AvgIpc) is 2.83. The molecule has 3 aromatic rings. The number of hydrogen-bond donors (Lipinski definition) is 1. The van der Waals surface area contributed by atoms with Crippen LogP contribution in [0.2, 0.25) is 5.15 Å². The van der Waals surface area contributed by atoms with Crippen molar-refractivity contribution in [2.24, 2.45) is 0 Å². The second kappa shape index (κ2) is 4.78. The van der Waals surface area contributed by atoms with E-state index in [4.69, 9.17) is 16.0 Å². The van der Waals surface area contributed by atoms with Crippen molar-refractivity contribution in [2.75, 3.05) is 0 Å². The number of aromatic hydroxyl groups is 1. The lowest BCUT2D eigenvalue weighted by atomic mass is 10.2. The van der Waals surface area contributed by atoms with Gasteiger partial charge in [0.05, 0.1) is 0 Å². The van der Waals surface area contributed by atoms with Gasteiger partial charge in [0.15, 0.2) is 10.9 Å². The molecule has 0 fully saturated rings. The van der Waals surface area contributed by atoms with Crippen LogP contribution >= 0.6 is 11.6 Å². The number of oxazole rings is 1. The molecule has 3 rings (SSSR count). The van der Waals surface area contributed by atoms with Crippen molar-refractivity contribution in [3.63, 3.8) is 0 Å². The minimum atomic E-state index is 0.199. The summed E-state index contributed by atoms with van der Waals surface area (Å²) in [4.78, 5) is 4.20. The summed E-state index contributed by atoms with van der Waals surface area (Å²) < 4.78 is 5.70. The SMILES string of the molecule is Oc1ccc(-c2nc(Cl)c(-c3ccccc3)o2)cc1. The molecular formula is C15H10ClNO2. The minimum absolute atomic E-state index is 0.199. The van der Waals surface area contributed by atoms with Crippen molar-refractivity contribution in [2.45, 2.75) is 0 Å². The smallest absolute Gasteiger partial charge is 0.228 e. The van der Waals surface area contributed by atoms with Crippen molar-refractivity contribution in [1.82, 2.24) is 4.98 Å². The van der Waals surface area contributed by atoms with Crippen molar-refractivity contribution < 1.29 is 9.52 Å². The third-order valence-corrected chi connectivity index (χ3v) is 2.99. The molecule has 1 heterocycles. The van der Waals surface area contributed by atoms with Crippen LogP contribution in [0.5, 0.6) is 5.75 Å². The second-order valence-electron chi connectivity index (χ2n) is 4.05. The van der Waals surface area contributed by atoms with Gasteiger partial charge in [-0.2, -0.15) is 4.98 Å². The van der Waals surface area contributed by atoms with Gasteiger partial charge in [0, 0.05) is 11.1 Å². The predicted octanol–water partition coefficient (Wildman–Crippen LogP) is 4.37. The first-order chi connectivity index (χ1) is 9.24. The van der Waals surface area contributed by atoms with E-state index < -0.39 is 0 Å². The van der Waals surface area contributed by atoms with E-state index in [1.807, 2.05) is 30.3 Å². The first-order valence-electron chi connectivity index (χ1n) is 5.75. The maximum Gasteiger partial charge on any atom is 0.228 e. The van der Waals surface area contributed by atoms with Crippen molar-refractivity contribution in [3.8, 4) is 28.5 Å². The highest BCUT2D eigenvalue weighted by Gasteiger charge is 2.14. The highest BCUT2D eigenvalue weighted by atomic mass is 35.5. The van der Waals surface area contributed by atoms with Gasteiger partial charge >= 0.3 is 0 Å². The molecule has 0 amide bonds. The Morgan fingerprint density at radius 2 is 1.58 bits per heavy atom. The van der Waals surface area contributed by atoms with Crippen molar-refractivity contribution in [1.29, 1.82) is 0 Å². The normalized spacial score (nSPS) is 10.6. The van der Waals surface area contributed by atoms with Gasteiger partial charge in [0.25, 0.3) is 0 Å². The Labute approximate surface area is 115 Å². The Hall–Kier alpha value is -2.26. The number of phenolic OH excluding ortho intramolecular Hbond substituents is 1. The van der Waals surface area contributed by atoms with Gasteiger partial charge in [-0.15, -0.1) is 0 Å². The Morgan fingerprint density at radius 1 is 0.895 bits per heavy atom. The molecule has 0 atom stereocenters. The fraction of sp³-hybridized carbons (Fsp3) is 0. The van der Waals surface area contributed by atoms with Gasteiger partial charge in [-0.25, -0.2) is 0 Å². The fourth-order valence-corrected chi connectivity index (χ4v) is 2.02. The van der Waals surface area contributed by atoms with E-state index in [0.717, 1.165) is 11.1 Å². The monoisotopic (exact) mass is 271 g/mol. The Morgan fingerprint density at radius 3 is 2.26 bits per heavy atom. The number of halogens is 1. The minimum Gasteiger partial charge on any atom is -0.508 e. The first kappa shape index (κ1) is 11.8. The lowest BCUT2D eigenvalue weighted by molar-refractivity contribution is 0.475. The van der Waals surface area contributed by atoms with E-state index in [-0.39, 0.29) is 5.75 Å². The van der Waals surface area contributed by atoms with Crippen LogP contribution in [-0.2, 0) is 0 Å². The maximum absolute atomic E-state index is 9.26. The highest BCUT2D eigenvalue weighted by Crippen LogP contribution is 2.32. The standard InChI is InChI=1S/C15H10ClNO2/c16-14-13(10-4-2-1-3-5-10)19-15(17-14)11-6-8-12(18)9-7-11/h1-9,18H. The quantitative estimate of drug-likeness (QED) is 0.753. The molecule has 19 heavy (non-hydrogen) atoms.